The van der Waals surface area contributed by atoms with Gasteiger partial charge >= 0.3 is 0 Å². The zero-order chi connectivity index (χ0) is 8.97. The number of hydrogen-bond acceptors (Lipinski definition) is 1. The monoisotopic (exact) mass is 166 g/mol. The maximum atomic E-state index is 5.81. The summed E-state index contributed by atoms with van der Waals surface area (Å²) in [6.07, 6.45) is 4.57. The van der Waals surface area contributed by atoms with Gasteiger partial charge in [-0.1, -0.05) is 13.3 Å². The number of unbranched alkanes of at least 4 members (excludes halogenated alkanes) is 1. The number of nitrogens with two attached hydrogens (primary N) is 1. The Bertz CT molecular complexity index is 225. The Morgan fingerprint density at radius 1 is 1.58 bits per heavy atom. The summed E-state index contributed by atoms with van der Waals surface area (Å²) >= 11 is 0. The highest BCUT2D eigenvalue weighted by atomic mass is 15.0. The number of nitrogens with zero attached hydrogens (tertiary/aromatic N) is 1. The minimum absolute atomic E-state index is 0.150. The Morgan fingerprint density at radius 3 is 2.92 bits per heavy atom. The molecule has 2 N–H and O–H groups in total. The molecule has 0 aliphatic carbocycles. The molecule has 0 saturated carbocycles. The largest absolute Gasteiger partial charge is 0.350 e. The SMILES string of the molecule is CCCCn1cccc1C(C)N. The lowest BCUT2D eigenvalue weighted by Crippen LogP contribution is -2.11. The molecule has 0 aromatic carbocycles. The molecule has 0 amide bonds. The van der Waals surface area contributed by atoms with E-state index in [0.717, 1.165) is 6.54 Å². The molecule has 1 aromatic heterocycles. The minimum atomic E-state index is 0.150. The third-order valence-corrected chi connectivity index (χ3v) is 2.08. The van der Waals surface area contributed by atoms with Gasteiger partial charge in [0.05, 0.1) is 0 Å². The van der Waals surface area contributed by atoms with Crippen LogP contribution in [0.25, 0.3) is 0 Å². The average molecular weight is 166 g/mol. The van der Waals surface area contributed by atoms with Crippen molar-refractivity contribution < 1.29 is 0 Å². The van der Waals surface area contributed by atoms with Crippen LogP contribution in [0.2, 0.25) is 0 Å². The van der Waals surface area contributed by atoms with E-state index in [1.165, 1.54) is 18.5 Å². The average Bonchev–Trinajstić information content (AvgIpc) is 2.48. The van der Waals surface area contributed by atoms with Crippen molar-refractivity contribution in [2.75, 3.05) is 0 Å². The Hall–Kier alpha value is -0.760. The second-order valence-electron chi connectivity index (χ2n) is 3.27. The first-order valence-corrected chi connectivity index (χ1v) is 4.66. The van der Waals surface area contributed by atoms with Crippen LogP contribution in [0.4, 0.5) is 0 Å². The molecular weight excluding hydrogens is 148 g/mol. The van der Waals surface area contributed by atoms with Crippen LogP contribution in [0, 0.1) is 0 Å². The molecule has 1 aromatic rings. The summed E-state index contributed by atoms with van der Waals surface area (Å²) in [5.41, 5.74) is 7.05. The van der Waals surface area contributed by atoms with Crippen LogP contribution in [0.1, 0.15) is 38.4 Å². The Morgan fingerprint density at radius 2 is 2.33 bits per heavy atom. The van der Waals surface area contributed by atoms with Crippen molar-refractivity contribution in [2.45, 2.75) is 39.3 Å². The third-order valence-electron chi connectivity index (χ3n) is 2.08. The molecule has 1 heterocycles. The lowest BCUT2D eigenvalue weighted by atomic mass is 10.2. The van der Waals surface area contributed by atoms with Crippen LogP contribution >= 0.6 is 0 Å². The van der Waals surface area contributed by atoms with Crippen molar-refractivity contribution in [3.63, 3.8) is 0 Å². The predicted octanol–water partition coefficient (Wildman–Crippen LogP) is 2.31. The van der Waals surface area contributed by atoms with Gasteiger partial charge in [-0.15, -0.1) is 0 Å². The fourth-order valence-electron chi connectivity index (χ4n) is 1.37. The first-order valence-electron chi connectivity index (χ1n) is 4.66. The topological polar surface area (TPSA) is 30.9 Å². The molecule has 0 aliphatic rings. The first kappa shape index (κ1) is 9.33. The van der Waals surface area contributed by atoms with Crippen molar-refractivity contribution >= 4 is 0 Å². The van der Waals surface area contributed by atoms with E-state index in [1.54, 1.807) is 0 Å². The molecule has 0 aliphatic heterocycles. The zero-order valence-corrected chi connectivity index (χ0v) is 7.96. The first-order chi connectivity index (χ1) is 5.75. The molecule has 0 fully saturated rings. The second kappa shape index (κ2) is 4.31. The fourth-order valence-corrected chi connectivity index (χ4v) is 1.37. The predicted molar refractivity (Wildman–Crippen MR) is 51.9 cm³/mol. The molecule has 0 radical (unpaired) electrons. The molecule has 12 heavy (non-hydrogen) atoms. The van der Waals surface area contributed by atoms with E-state index in [9.17, 15) is 0 Å². The maximum Gasteiger partial charge on any atom is 0.0421 e. The quantitative estimate of drug-likeness (QED) is 0.731. The van der Waals surface area contributed by atoms with Crippen LogP contribution in [0.15, 0.2) is 18.3 Å². The van der Waals surface area contributed by atoms with Gasteiger partial charge in [-0.05, 0) is 25.5 Å². The second-order valence-corrected chi connectivity index (χ2v) is 3.27. The van der Waals surface area contributed by atoms with Crippen LogP contribution in [0.5, 0.6) is 0 Å². The van der Waals surface area contributed by atoms with Gasteiger partial charge in [-0.2, -0.15) is 0 Å². The number of aromatic nitrogens is 1. The van der Waals surface area contributed by atoms with Crippen LogP contribution in [-0.4, -0.2) is 4.57 Å². The van der Waals surface area contributed by atoms with Gasteiger partial charge in [0.15, 0.2) is 0 Å². The van der Waals surface area contributed by atoms with Crippen molar-refractivity contribution in [3.05, 3.63) is 24.0 Å². The van der Waals surface area contributed by atoms with E-state index in [1.807, 2.05) is 6.92 Å². The fraction of sp³-hybridized carbons (Fsp3) is 0.600. The molecule has 0 bridgehead atoms. The molecule has 68 valence electrons. The molecule has 0 spiro atoms. The van der Waals surface area contributed by atoms with E-state index < -0.39 is 0 Å². The van der Waals surface area contributed by atoms with Gasteiger partial charge in [-0.3, -0.25) is 0 Å². The standard InChI is InChI=1S/C10H18N2/c1-3-4-7-12-8-5-6-10(12)9(2)11/h5-6,8-9H,3-4,7,11H2,1-2H3. The number of rotatable bonds is 4. The van der Waals surface area contributed by atoms with Crippen molar-refractivity contribution in [1.29, 1.82) is 0 Å². The van der Waals surface area contributed by atoms with E-state index in [-0.39, 0.29) is 6.04 Å². The molecule has 1 atom stereocenters. The van der Waals surface area contributed by atoms with Gasteiger partial charge in [0, 0.05) is 24.5 Å². The number of aryl methyl sites for hydroxylation is 1. The lowest BCUT2D eigenvalue weighted by molar-refractivity contribution is 0.587. The van der Waals surface area contributed by atoms with E-state index in [2.05, 4.69) is 29.8 Å². The molecule has 1 unspecified atom stereocenters. The van der Waals surface area contributed by atoms with Gasteiger partial charge in [0.1, 0.15) is 0 Å². The zero-order valence-electron chi connectivity index (χ0n) is 7.96. The van der Waals surface area contributed by atoms with Crippen molar-refractivity contribution in [1.82, 2.24) is 4.57 Å². The summed E-state index contributed by atoms with van der Waals surface area (Å²) in [6.45, 7) is 5.33. The minimum Gasteiger partial charge on any atom is -0.350 e. The van der Waals surface area contributed by atoms with E-state index in [4.69, 9.17) is 5.73 Å². The lowest BCUT2D eigenvalue weighted by Gasteiger charge is -2.10. The molecule has 0 saturated heterocycles. The summed E-state index contributed by atoms with van der Waals surface area (Å²) in [5.74, 6) is 0. The summed E-state index contributed by atoms with van der Waals surface area (Å²) in [4.78, 5) is 0. The highest BCUT2D eigenvalue weighted by molar-refractivity contribution is 5.10. The summed E-state index contributed by atoms with van der Waals surface area (Å²) in [7, 11) is 0. The normalized spacial score (nSPS) is 13.2. The Balaban J connectivity index is 2.64. The van der Waals surface area contributed by atoms with Crippen LogP contribution in [-0.2, 0) is 6.54 Å². The highest BCUT2D eigenvalue weighted by Gasteiger charge is 2.03. The molecule has 1 rings (SSSR count). The van der Waals surface area contributed by atoms with Gasteiger partial charge in [0.25, 0.3) is 0 Å². The van der Waals surface area contributed by atoms with Crippen LogP contribution < -0.4 is 5.73 Å². The highest BCUT2D eigenvalue weighted by Crippen LogP contribution is 2.11. The van der Waals surface area contributed by atoms with Crippen molar-refractivity contribution in [2.24, 2.45) is 5.73 Å². The maximum absolute atomic E-state index is 5.81. The van der Waals surface area contributed by atoms with E-state index in [0.29, 0.717) is 0 Å². The van der Waals surface area contributed by atoms with Gasteiger partial charge < -0.3 is 10.3 Å². The third kappa shape index (κ3) is 2.11. The Kier molecular flexibility index (Phi) is 3.35. The molecular formula is C10H18N2. The smallest absolute Gasteiger partial charge is 0.0421 e. The molecule has 2 nitrogen and oxygen atoms in total. The summed E-state index contributed by atoms with van der Waals surface area (Å²) in [5, 5.41) is 0. The van der Waals surface area contributed by atoms with Crippen LogP contribution in [0.3, 0.4) is 0 Å². The molecule has 2 heteroatoms. The van der Waals surface area contributed by atoms with E-state index >= 15 is 0 Å². The summed E-state index contributed by atoms with van der Waals surface area (Å²) < 4.78 is 2.24. The van der Waals surface area contributed by atoms with Gasteiger partial charge in [-0.25, -0.2) is 0 Å². The van der Waals surface area contributed by atoms with Crippen molar-refractivity contribution in [3.8, 4) is 0 Å². The van der Waals surface area contributed by atoms with Gasteiger partial charge in [0.2, 0.25) is 0 Å². The Labute approximate surface area is 74.4 Å². The summed E-state index contributed by atoms with van der Waals surface area (Å²) in [6, 6.07) is 4.31. The number of hydrogen-bond donors (Lipinski definition) is 1.